The van der Waals surface area contributed by atoms with Gasteiger partial charge in [0.05, 0.1) is 13.3 Å². The van der Waals surface area contributed by atoms with E-state index in [2.05, 4.69) is 20.4 Å². The maximum Gasteiger partial charge on any atom is 0.168 e. The standard InChI is InChI=1S/C27H50N4S/c32-27(28-21-30(23-13-5-1-6-14-23)24-15-7-2-8-16-24)29-22-31(25-17-9-3-10-18-25)26-19-11-4-12-20-26/h23-26H,1-22H2,(H2,28,29,32). The lowest BCUT2D eigenvalue weighted by molar-refractivity contribution is 0.0737. The summed E-state index contributed by atoms with van der Waals surface area (Å²) in [6, 6.07) is 3.07. The number of hydrogen-bond acceptors (Lipinski definition) is 3. The van der Waals surface area contributed by atoms with E-state index in [1.165, 1.54) is 128 Å². The Bertz CT molecular complexity index is 450. The Morgan fingerprint density at radius 2 is 0.719 bits per heavy atom. The minimum absolute atomic E-state index is 0.767. The van der Waals surface area contributed by atoms with Crippen LogP contribution in [0.25, 0.3) is 0 Å². The highest BCUT2D eigenvalue weighted by atomic mass is 32.1. The molecule has 4 rings (SSSR count). The molecular weight excluding hydrogens is 412 g/mol. The highest BCUT2D eigenvalue weighted by Crippen LogP contribution is 2.31. The van der Waals surface area contributed by atoms with Crippen LogP contribution in [0.1, 0.15) is 128 Å². The Labute approximate surface area is 203 Å². The Balaban J connectivity index is 1.29. The van der Waals surface area contributed by atoms with Crippen molar-refractivity contribution in [2.75, 3.05) is 13.3 Å². The van der Waals surface area contributed by atoms with Crippen LogP contribution in [0.3, 0.4) is 0 Å². The average molecular weight is 463 g/mol. The lowest BCUT2D eigenvalue weighted by atomic mass is 9.89. The van der Waals surface area contributed by atoms with Gasteiger partial charge in [-0.25, -0.2) is 0 Å². The first-order valence-electron chi connectivity index (χ1n) is 14.3. The van der Waals surface area contributed by atoms with E-state index in [9.17, 15) is 0 Å². The van der Waals surface area contributed by atoms with Gasteiger partial charge in [-0.1, -0.05) is 77.0 Å². The first-order chi connectivity index (χ1) is 15.8. The summed E-state index contributed by atoms with van der Waals surface area (Å²) in [6.07, 6.45) is 28.1. The molecule has 0 aliphatic heterocycles. The van der Waals surface area contributed by atoms with Gasteiger partial charge >= 0.3 is 0 Å². The fourth-order valence-corrected chi connectivity index (χ4v) is 7.28. The minimum atomic E-state index is 0.767. The van der Waals surface area contributed by atoms with Gasteiger partial charge in [0.2, 0.25) is 0 Å². The van der Waals surface area contributed by atoms with Gasteiger partial charge in [0.15, 0.2) is 5.11 Å². The average Bonchev–Trinajstić information content (AvgIpc) is 2.87. The van der Waals surface area contributed by atoms with Crippen LogP contribution in [0.4, 0.5) is 0 Å². The van der Waals surface area contributed by atoms with Gasteiger partial charge in [-0.05, 0) is 63.6 Å². The second kappa shape index (κ2) is 13.5. The molecule has 0 unspecified atom stereocenters. The number of thiocarbonyl (C=S) groups is 1. The van der Waals surface area contributed by atoms with Gasteiger partial charge in [-0.15, -0.1) is 0 Å². The van der Waals surface area contributed by atoms with E-state index in [1.54, 1.807) is 0 Å². The van der Waals surface area contributed by atoms with Crippen LogP contribution < -0.4 is 10.6 Å². The zero-order valence-electron chi connectivity index (χ0n) is 20.7. The van der Waals surface area contributed by atoms with Gasteiger partial charge in [0.25, 0.3) is 0 Å². The quantitative estimate of drug-likeness (QED) is 0.326. The summed E-state index contributed by atoms with van der Waals surface area (Å²) >= 11 is 5.82. The molecule has 4 aliphatic carbocycles. The van der Waals surface area contributed by atoms with E-state index < -0.39 is 0 Å². The monoisotopic (exact) mass is 462 g/mol. The molecule has 0 aromatic carbocycles. The number of nitrogens with one attached hydrogen (secondary N) is 2. The predicted molar refractivity (Wildman–Crippen MR) is 140 cm³/mol. The first-order valence-corrected chi connectivity index (χ1v) is 14.8. The van der Waals surface area contributed by atoms with Gasteiger partial charge in [-0.2, -0.15) is 0 Å². The van der Waals surface area contributed by atoms with E-state index in [0.717, 1.165) is 42.6 Å². The maximum atomic E-state index is 5.82. The van der Waals surface area contributed by atoms with Crippen LogP contribution in [0.5, 0.6) is 0 Å². The van der Waals surface area contributed by atoms with E-state index in [0.29, 0.717) is 0 Å². The summed E-state index contributed by atoms with van der Waals surface area (Å²) in [5, 5.41) is 8.19. The summed E-state index contributed by atoms with van der Waals surface area (Å²) < 4.78 is 0. The van der Waals surface area contributed by atoms with Crippen molar-refractivity contribution in [2.24, 2.45) is 0 Å². The van der Waals surface area contributed by atoms with Crippen molar-refractivity contribution in [2.45, 2.75) is 153 Å². The Hall–Kier alpha value is -0.390. The Morgan fingerprint density at radius 3 is 0.969 bits per heavy atom. The Morgan fingerprint density at radius 1 is 0.469 bits per heavy atom. The molecule has 0 amide bonds. The number of nitrogens with zero attached hydrogens (tertiary/aromatic N) is 2. The SMILES string of the molecule is S=C(NCN(C1CCCCC1)C1CCCCC1)NCN(C1CCCCC1)C1CCCCC1. The highest BCUT2D eigenvalue weighted by Gasteiger charge is 2.30. The normalized spacial score (nSPS) is 25.3. The van der Waals surface area contributed by atoms with Crippen molar-refractivity contribution in [3.05, 3.63) is 0 Å². The summed E-state index contributed by atoms with van der Waals surface area (Å²) in [5.41, 5.74) is 0. The fourth-order valence-electron chi connectivity index (χ4n) is 7.15. The van der Waals surface area contributed by atoms with Crippen LogP contribution in [0, 0.1) is 0 Å². The smallest absolute Gasteiger partial charge is 0.168 e. The molecule has 5 heteroatoms. The van der Waals surface area contributed by atoms with Gasteiger partial charge in [0, 0.05) is 24.2 Å². The second-order valence-electron chi connectivity index (χ2n) is 11.2. The van der Waals surface area contributed by atoms with Crippen molar-refractivity contribution in [1.82, 2.24) is 20.4 Å². The summed E-state index contributed by atoms with van der Waals surface area (Å²) in [5.74, 6) is 0. The van der Waals surface area contributed by atoms with Gasteiger partial charge < -0.3 is 10.6 Å². The topological polar surface area (TPSA) is 30.5 Å². The lowest BCUT2D eigenvalue weighted by Crippen LogP contribution is -2.54. The first kappa shape index (κ1) is 24.7. The molecule has 4 fully saturated rings. The molecule has 0 atom stereocenters. The maximum absolute atomic E-state index is 5.82. The van der Waals surface area contributed by atoms with Crippen LogP contribution >= 0.6 is 12.2 Å². The van der Waals surface area contributed by atoms with Crippen molar-refractivity contribution in [3.63, 3.8) is 0 Å². The van der Waals surface area contributed by atoms with Crippen molar-refractivity contribution >= 4 is 17.3 Å². The molecule has 0 spiro atoms. The molecule has 0 aromatic heterocycles. The number of hydrogen-bond donors (Lipinski definition) is 2. The molecule has 2 N–H and O–H groups in total. The largest absolute Gasteiger partial charge is 0.350 e. The zero-order chi connectivity index (χ0) is 22.0. The predicted octanol–water partition coefficient (Wildman–Crippen LogP) is 6.30. The minimum Gasteiger partial charge on any atom is -0.350 e. The van der Waals surface area contributed by atoms with Gasteiger partial charge in [-0.3, -0.25) is 9.80 Å². The van der Waals surface area contributed by atoms with E-state index in [4.69, 9.17) is 12.2 Å². The molecule has 0 heterocycles. The molecule has 0 aromatic rings. The molecule has 184 valence electrons. The fraction of sp³-hybridized carbons (Fsp3) is 0.963. The summed E-state index contributed by atoms with van der Waals surface area (Å²) in [6.45, 7) is 1.88. The molecule has 4 aliphatic rings. The molecular formula is C27H50N4S. The molecule has 32 heavy (non-hydrogen) atoms. The second-order valence-corrected chi connectivity index (χ2v) is 11.6. The third-order valence-corrected chi connectivity index (χ3v) is 9.31. The number of rotatable bonds is 8. The van der Waals surface area contributed by atoms with Crippen molar-refractivity contribution < 1.29 is 0 Å². The molecule has 0 saturated heterocycles. The van der Waals surface area contributed by atoms with Crippen LogP contribution in [0.2, 0.25) is 0 Å². The highest BCUT2D eigenvalue weighted by molar-refractivity contribution is 7.80. The van der Waals surface area contributed by atoms with E-state index in [1.807, 2.05) is 0 Å². The molecule has 4 nitrogen and oxygen atoms in total. The molecule has 4 saturated carbocycles. The van der Waals surface area contributed by atoms with E-state index >= 15 is 0 Å². The molecule has 0 radical (unpaired) electrons. The third-order valence-electron chi connectivity index (χ3n) is 9.02. The summed E-state index contributed by atoms with van der Waals surface area (Å²) in [4.78, 5) is 5.62. The van der Waals surface area contributed by atoms with Crippen LogP contribution in [0.15, 0.2) is 0 Å². The Kier molecular flexibility index (Phi) is 10.4. The van der Waals surface area contributed by atoms with Gasteiger partial charge in [0.1, 0.15) is 0 Å². The third kappa shape index (κ3) is 7.30. The van der Waals surface area contributed by atoms with Crippen molar-refractivity contribution in [1.29, 1.82) is 0 Å². The summed E-state index contributed by atoms with van der Waals surface area (Å²) in [7, 11) is 0. The van der Waals surface area contributed by atoms with E-state index in [-0.39, 0.29) is 0 Å². The molecule has 0 bridgehead atoms. The van der Waals surface area contributed by atoms with Crippen molar-refractivity contribution in [3.8, 4) is 0 Å². The lowest BCUT2D eigenvalue weighted by Gasteiger charge is -2.43. The zero-order valence-corrected chi connectivity index (χ0v) is 21.5. The van der Waals surface area contributed by atoms with Crippen LogP contribution in [-0.4, -0.2) is 52.4 Å². The van der Waals surface area contributed by atoms with Crippen LogP contribution in [-0.2, 0) is 0 Å².